The molecule has 0 bridgehead atoms. The van der Waals surface area contributed by atoms with Gasteiger partial charge in [-0.2, -0.15) is 8.42 Å². The second-order valence-electron chi connectivity index (χ2n) is 7.36. The molecule has 0 saturated heterocycles. The van der Waals surface area contributed by atoms with Gasteiger partial charge in [0, 0.05) is 16.2 Å². The number of para-hydroxylation sites is 1. The number of nitrogens with one attached hydrogen (secondary N) is 1. The number of pyridine rings is 2. The van der Waals surface area contributed by atoms with E-state index in [0.717, 1.165) is 9.54 Å². The van der Waals surface area contributed by atoms with Gasteiger partial charge in [-0.05, 0) is 49.2 Å². The first-order valence-corrected chi connectivity index (χ1v) is 10.6. The van der Waals surface area contributed by atoms with Gasteiger partial charge in [-0.15, -0.1) is 0 Å². The molecule has 0 saturated carbocycles. The molecule has 2 aromatic heterocycles. The van der Waals surface area contributed by atoms with E-state index in [1.54, 1.807) is 25.1 Å². The fourth-order valence-corrected chi connectivity index (χ4v) is 5.20. The number of aromatic amines is 1. The fraction of sp³-hybridized carbons (Fsp3) is 0.0909. The normalized spacial score (nSPS) is 12.4. The van der Waals surface area contributed by atoms with Crippen molar-refractivity contribution in [3.8, 4) is 0 Å². The molecule has 2 N–H and O–H groups in total. The lowest BCUT2D eigenvalue weighted by molar-refractivity contribution is 0.476. The highest BCUT2D eigenvalue weighted by Crippen LogP contribution is 2.29. The molecule has 2 heterocycles. The molecular weight excluding hydrogens is 404 g/mol. The number of aromatic nitrogens is 2. The molecule has 0 aliphatic rings. The highest BCUT2D eigenvalue weighted by atomic mass is 32.2. The van der Waals surface area contributed by atoms with E-state index in [2.05, 4.69) is 4.98 Å². The summed E-state index contributed by atoms with van der Waals surface area (Å²) in [5.41, 5.74) is 1.53. The third kappa shape index (κ3) is 2.38. The molecule has 0 unspecified atom stereocenters. The van der Waals surface area contributed by atoms with Crippen molar-refractivity contribution >= 4 is 53.9 Å². The minimum Gasteiger partial charge on any atom is -0.354 e. The zero-order valence-electron chi connectivity index (χ0n) is 16.1. The van der Waals surface area contributed by atoms with E-state index in [-0.39, 0.29) is 38.0 Å². The first-order valence-electron chi connectivity index (χ1n) is 9.20. The van der Waals surface area contributed by atoms with E-state index >= 15 is 0 Å². The summed E-state index contributed by atoms with van der Waals surface area (Å²) >= 11 is 0. The van der Waals surface area contributed by atoms with Crippen LogP contribution in [0.1, 0.15) is 11.1 Å². The summed E-state index contributed by atoms with van der Waals surface area (Å²) in [5, 5.41) is 1.02. The van der Waals surface area contributed by atoms with Gasteiger partial charge in [0.15, 0.2) is 10.9 Å². The number of rotatable bonds is 1. The maximum absolute atomic E-state index is 13.4. The van der Waals surface area contributed by atoms with Crippen LogP contribution in [0.4, 0.5) is 0 Å². The first-order chi connectivity index (χ1) is 14.2. The number of nitrogens with zero attached hydrogens (tertiary/aromatic N) is 1. The Labute approximate surface area is 170 Å². The van der Waals surface area contributed by atoms with Crippen LogP contribution >= 0.6 is 0 Å². The summed E-state index contributed by atoms with van der Waals surface area (Å²) in [5.74, 6) is 0. The predicted octanol–water partition coefficient (Wildman–Crippen LogP) is 3.42. The van der Waals surface area contributed by atoms with Crippen molar-refractivity contribution in [1.82, 2.24) is 8.96 Å². The molecule has 0 atom stereocenters. The van der Waals surface area contributed by atoms with E-state index in [1.807, 2.05) is 19.1 Å². The van der Waals surface area contributed by atoms with Crippen molar-refractivity contribution in [2.75, 3.05) is 0 Å². The van der Waals surface area contributed by atoms with E-state index in [1.165, 1.54) is 18.2 Å². The van der Waals surface area contributed by atoms with E-state index in [9.17, 15) is 22.6 Å². The number of hydrogen-bond donors (Lipinski definition) is 2. The average Bonchev–Trinajstić information content (AvgIpc) is 2.68. The molecule has 0 spiro atoms. The number of H-pyrrole nitrogens is 1. The maximum Gasteiger partial charge on any atom is 0.364 e. The predicted molar refractivity (Wildman–Crippen MR) is 118 cm³/mol. The quantitative estimate of drug-likeness (QED) is 0.319. The number of benzene rings is 3. The molecule has 5 rings (SSSR count). The average molecular weight is 420 g/mol. The van der Waals surface area contributed by atoms with Gasteiger partial charge < -0.3 is 4.98 Å². The summed E-state index contributed by atoms with van der Waals surface area (Å²) in [6, 6.07) is 13.1. The molecule has 0 fully saturated rings. The Hall–Kier alpha value is -3.49. The number of hydrogen-bond acceptors (Lipinski definition) is 4. The van der Waals surface area contributed by atoms with Crippen molar-refractivity contribution < 1.29 is 13.0 Å². The molecule has 150 valence electrons. The molecule has 0 radical (unpaired) electrons. The Morgan fingerprint density at radius 3 is 2.33 bits per heavy atom. The van der Waals surface area contributed by atoms with Gasteiger partial charge in [0.2, 0.25) is 0 Å². The van der Waals surface area contributed by atoms with Gasteiger partial charge in [0.1, 0.15) is 0 Å². The van der Waals surface area contributed by atoms with E-state index in [4.69, 9.17) is 0 Å². The highest BCUT2D eigenvalue weighted by molar-refractivity contribution is 7.84. The van der Waals surface area contributed by atoms with Crippen molar-refractivity contribution in [2.24, 2.45) is 0 Å². The van der Waals surface area contributed by atoms with Gasteiger partial charge in [-0.1, -0.05) is 24.3 Å². The molecule has 8 heteroatoms. The second-order valence-corrected chi connectivity index (χ2v) is 8.62. The van der Waals surface area contributed by atoms with Crippen molar-refractivity contribution in [1.29, 1.82) is 0 Å². The van der Waals surface area contributed by atoms with Crippen LogP contribution in [0.2, 0.25) is 0 Å². The lowest BCUT2D eigenvalue weighted by Crippen LogP contribution is -2.20. The Morgan fingerprint density at radius 2 is 1.60 bits per heavy atom. The molecule has 30 heavy (non-hydrogen) atoms. The van der Waals surface area contributed by atoms with Gasteiger partial charge in [0.25, 0.3) is 0 Å². The minimum atomic E-state index is -4.76. The Balaban J connectivity index is 2.20. The van der Waals surface area contributed by atoms with Crippen LogP contribution in [-0.4, -0.2) is 21.9 Å². The van der Waals surface area contributed by atoms with Gasteiger partial charge in [-0.25, -0.2) is 3.97 Å². The van der Waals surface area contributed by atoms with Gasteiger partial charge >= 0.3 is 10.3 Å². The Bertz CT molecular complexity index is 1780. The highest BCUT2D eigenvalue weighted by Gasteiger charge is 2.22. The molecule has 5 aromatic rings. The molecule has 3 aromatic carbocycles. The SMILES string of the molecule is Cc1cccc2[nH]c3cc4c(=O)c5ccccc5n(S(=O)(=O)O)c4c(C)c3c(=O)c12. The van der Waals surface area contributed by atoms with Crippen LogP contribution in [0, 0.1) is 13.8 Å². The van der Waals surface area contributed by atoms with E-state index in [0.29, 0.717) is 22.0 Å². The van der Waals surface area contributed by atoms with Crippen molar-refractivity contribution in [3.63, 3.8) is 0 Å². The van der Waals surface area contributed by atoms with Crippen LogP contribution < -0.4 is 10.9 Å². The Morgan fingerprint density at radius 1 is 0.867 bits per heavy atom. The third-order valence-corrected chi connectivity index (χ3v) is 6.43. The van der Waals surface area contributed by atoms with Crippen LogP contribution in [0.3, 0.4) is 0 Å². The fourth-order valence-electron chi connectivity index (χ4n) is 4.32. The Kier molecular flexibility index (Phi) is 3.71. The summed E-state index contributed by atoms with van der Waals surface area (Å²) in [6.45, 7) is 3.40. The molecular formula is C22H16N2O5S. The smallest absolute Gasteiger partial charge is 0.354 e. The monoisotopic (exact) mass is 420 g/mol. The largest absolute Gasteiger partial charge is 0.364 e. The zero-order chi connectivity index (χ0) is 21.4. The number of aryl methyl sites for hydroxylation is 2. The van der Waals surface area contributed by atoms with Crippen LogP contribution in [-0.2, 0) is 10.3 Å². The third-order valence-electron chi connectivity index (χ3n) is 5.59. The van der Waals surface area contributed by atoms with E-state index < -0.39 is 10.3 Å². The lowest BCUT2D eigenvalue weighted by atomic mass is 9.99. The first kappa shape index (κ1) is 18.5. The van der Waals surface area contributed by atoms with Crippen molar-refractivity contribution in [3.05, 3.63) is 80.1 Å². The molecule has 0 amide bonds. The molecule has 0 aliphatic heterocycles. The van der Waals surface area contributed by atoms with Gasteiger partial charge in [0.05, 0.1) is 27.5 Å². The summed E-state index contributed by atoms with van der Waals surface area (Å²) in [4.78, 5) is 29.7. The topological polar surface area (TPSA) is 109 Å². The zero-order valence-corrected chi connectivity index (χ0v) is 16.9. The summed E-state index contributed by atoms with van der Waals surface area (Å²) in [7, 11) is -4.76. The van der Waals surface area contributed by atoms with Gasteiger partial charge in [-0.3, -0.25) is 14.1 Å². The molecule has 0 aliphatic carbocycles. The van der Waals surface area contributed by atoms with Crippen molar-refractivity contribution in [2.45, 2.75) is 13.8 Å². The molecule has 7 nitrogen and oxygen atoms in total. The summed E-state index contributed by atoms with van der Waals surface area (Å²) in [6.07, 6.45) is 0. The van der Waals surface area contributed by atoms with Crippen LogP contribution in [0.15, 0.2) is 58.1 Å². The maximum atomic E-state index is 13.4. The summed E-state index contributed by atoms with van der Waals surface area (Å²) < 4.78 is 35.4. The standard InChI is InChI=1S/C22H16N2O5S/c1-11-6-5-8-15-18(11)22(26)19-12(2)20-14(10-16(19)23-15)21(25)13-7-3-4-9-17(13)24(20)30(27,28)29/h3-10H,1-2H3,(H,23,26)(H,27,28,29). The number of fused-ring (bicyclic) bond motifs is 4. The lowest BCUT2D eigenvalue weighted by Gasteiger charge is -2.16. The van der Waals surface area contributed by atoms with Crippen LogP contribution in [0.25, 0.3) is 43.6 Å². The second kappa shape index (κ2) is 6.01. The minimum absolute atomic E-state index is 0.00728. The van der Waals surface area contributed by atoms with Crippen LogP contribution in [0.5, 0.6) is 0 Å².